The third-order valence-electron chi connectivity index (χ3n) is 4.03. The van der Waals surface area contributed by atoms with E-state index in [1.807, 2.05) is 6.20 Å². The summed E-state index contributed by atoms with van der Waals surface area (Å²) in [4.78, 5) is 6.86. The number of hydrogen-bond acceptors (Lipinski definition) is 5. The van der Waals surface area contributed by atoms with Crippen LogP contribution in [-0.2, 0) is 4.74 Å². The molecule has 1 aromatic rings. The number of pyridine rings is 1. The molecular weight excluding hydrogens is 252 g/mol. The molecule has 1 aromatic heterocycles. The van der Waals surface area contributed by atoms with Gasteiger partial charge in [-0.3, -0.25) is 0 Å². The van der Waals surface area contributed by atoms with Gasteiger partial charge >= 0.3 is 0 Å². The highest BCUT2D eigenvalue weighted by atomic mass is 16.5. The second-order valence-electron chi connectivity index (χ2n) is 5.53. The predicted molar refractivity (Wildman–Crippen MR) is 81.4 cm³/mol. The average molecular weight is 276 g/mol. The number of aromatic nitrogens is 1. The van der Waals surface area contributed by atoms with Gasteiger partial charge in [-0.2, -0.15) is 0 Å². The van der Waals surface area contributed by atoms with Gasteiger partial charge in [0.1, 0.15) is 5.82 Å². The Morgan fingerprint density at radius 1 is 1.20 bits per heavy atom. The Morgan fingerprint density at radius 3 is 2.90 bits per heavy atom. The van der Waals surface area contributed by atoms with Crippen molar-refractivity contribution in [3.05, 3.63) is 18.3 Å². The fraction of sp³-hybridized carbons (Fsp3) is 0.667. The third-order valence-corrected chi connectivity index (χ3v) is 4.03. The highest BCUT2D eigenvalue weighted by Crippen LogP contribution is 2.18. The fourth-order valence-corrected chi connectivity index (χ4v) is 2.85. The van der Waals surface area contributed by atoms with Crippen molar-refractivity contribution < 1.29 is 4.74 Å². The maximum atomic E-state index is 5.37. The van der Waals surface area contributed by atoms with E-state index in [9.17, 15) is 0 Å². The van der Waals surface area contributed by atoms with Gasteiger partial charge in [-0.1, -0.05) is 0 Å². The van der Waals surface area contributed by atoms with Crippen LogP contribution < -0.4 is 15.5 Å². The van der Waals surface area contributed by atoms with Gasteiger partial charge in [0.15, 0.2) is 0 Å². The molecule has 0 aromatic carbocycles. The van der Waals surface area contributed by atoms with Crippen molar-refractivity contribution >= 4 is 11.5 Å². The summed E-state index contributed by atoms with van der Waals surface area (Å²) in [7, 11) is 0. The van der Waals surface area contributed by atoms with Gasteiger partial charge in [-0.15, -0.1) is 0 Å². The molecule has 3 heterocycles. The minimum absolute atomic E-state index is 0.570. The van der Waals surface area contributed by atoms with Gasteiger partial charge in [0, 0.05) is 19.1 Å². The zero-order chi connectivity index (χ0) is 13.6. The zero-order valence-electron chi connectivity index (χ0n) is 12.0. The Kier molecular flexibility index (Phi) is 4.71. The summed E-state index contributed by atoms with van der Waals surface area (Å²) >= 11 is 0. The molecule has 2 aliphatic rings. The molecule has 0 spiro atoms. The monoisotopic (exact) mass is 276 g/mol. The topological polar surface area (TPSA) is 49.4 Å². The molecule has 0 aliphatic carbocycles. The molecule has 3 rings (SSSR count). The number of hydrogen-bond donors (Lipinski definition) is 2. The number of anilines is 2. The van der Waals surface area contributed by atoms with Crippen molar-refractivity contribution in [3.8, 4) is 0 Å². The molecule has 20 heavy (non-hydrogen) atoms. The Labute approximate surface area is 120 Å². The largest absolute Gasteiger partial charge is 0.381 e. The van der Waals surface area contributed by atoms with Gasteiger partial charge in [-0.05, 0) is 44.5 Å². The Bertz CT molecular complexity index is 395. The molecule has 5 heteroatoms. The van der Waals surface area contributed by atoms with Gasteiger partial charge in [-0.25, -0.2) is 4.98 Å². The standard InChI is InChI=1S/C15H24N4O/c1-2-13(5-7-16-6-1)18-14-3-4-15(17-12-14)19-8-10-20-11-9-19/h3-4,12-13,16,18H,1-2,5-11H2. The van der Waals surface area contributed by atoms with Crippen LogP contribution in [-0.4, -0.2) is 50.4 Å². The lowest BCUT2D eigenvalue weighted by molar-refractivity contribution is 0.122. The molecule has 0 radical (unpaired) electrons. The first-order valence-corrected chi connectivity index (χ1v) is 7.68. The summed E-state index contributed by atoms with van der Waals surface area (Å²) in [5.41, 5.74) is 1.13. The molecule has 0 amide bonds. The van der Waals surface area contributed by atoms with Crippen LogP contribution in [0.4, 0.5) is 11.5 Å². The molecule has 0 saturated carbocycles. The van der Waals surface area contributed by atoms with E-state index in [4.69, 9.17) is 4.74 Å². The molecule has 1 unspecified atom stereocenters. The zero-order valence-corrected chi connectivity index (χ0v) is 12.0. The SMILES string of the molecule is c1cc(N2CCOCC2)ncc1NC1CCCNCC1. The molecule has 2 fully saturated rings. The first-order chi connectivity index (χ1) is 9.92. The van der Waals surface area contributed by atoms with Crippen molar-refractivity contribution in [1.29, 1.82) is 0 Å². The molecule has 2 N–H and O–H groups in total. The van der Waals surface area contributed by atoms with Crippen molar-refractivity contribution in [1.82, 2.24) is 10.3 Å². The Balaban J connectivity index is 1.57. The summed E-state index contributed by atoms with van der Waals surface area (Å²) in [6, 6.07) is 4.83. The van der Waals surface area contributed by atoms with Crippen LogP contribution in [0.25, 0.3) is 0 Å². The quantitative estimate of drug-likeness (QED) is 0.875. The van der Waals surface area contributed by atoms with E-state index >= 15 is 0 Å². The first kappa shape index (κ1) is 13.6. The summed E-state index contributed by atoms with van der Waals surface area (Å²) in [5, 5.41) is 7.05. The van der Waals surface area contributed by atoms with E-state index in [1.165, 1.54) is 19.3 Å². The highest BCUT2D eigenvalue weighted by Gasteiger charge is 2.14. The van der Waals surface area contributed by atoms with Crippen molar-refractivity contribution in [2.45, 2.75) is 25.3 Å². The number of rotatable bonds is 3. The second-order valence-corrected chi connectivity index (χ2v) is 5.53. The predicted octanol–water partition coefficient (Wildman–Crippen LogP) is 1.47. The Hall–Kier alpha value is -1.33. The van der Waals surface area contributed by atoms with Gasteiger partial charge in [0.05, 0.1) is 25.1 Å². The van der Waals surface area contributed by atoms with Gasteiger partial charge in [0.25, 0.3) is 0 Å². The molecule has 0 bridgehead atoms. The van der Waals surface area contributed by atoms with E-state index in [0.717, 1.165) is 50.9 Å². The van der Waals surface area contributed by atoms with Gasteiger partial charge in [0.2, 0.25) is 0 Å². The van der Waals surface area contributed by atoms with E-state index in [1.54, 1.807) is 0 Å². The highest BCUT2D eigenvalue weighted by molar-refractivity contribution is 5.49. The lowest BCUT2D eigenvalue weighted by Crippen LogP contribution is -2.36. The van der Waals surface area contributed by atoms with Crippen LogP contribution in [0.3, 0.4) is 0 Å². The minimum atomic E-state index is 0.570. The van der Waals surface area contributed by atoms with Crippen LogP contribution >= 0.6 is 0 Å². The number of morpholine rings is 1. The molecule has 1 atom stereocenters. The summed E-state index contributed by atoms with van der Waals surface area (Å²) < 4.78 is 5.37. The molecular formula is C15H24N4O. The summed E-state index contributed by atoms with van der Waals surface area (Å²) in [5.74, 6) is 1.06. The molecule has 5 nitrogen and oxygen atoms in total. The van der Waals surface area contributed by atoms with Crippen molar-refractivity contribution in [2.24, 2.45) is 0 Å². The minimum Gasteiger partial charge on any atom is -0.381 e. The number of nitrogens with one attached hydrogen (secondary N) is 2. The second kappa shape index (κ2) is 6.90. The first-order valence-electron chi connectivity index (χ1n) is 7.68. The smallest absolute Gasteiger partial charge is 0.128 e. The van der Waals surface area contributed by atoms with Gasteiger partial charge < -0.3 is 20.3 Å². The summed E-state index contributed by atoms with van der Waals surface area (Å²) in [6.07, 6.45) is 5.63. The Morgan fingerprint density at radius 2 is 2.10 bits per heavy atom. The van der Waals surface area contributed by atoms with Crippen LogP contribution in [0.15, 0.2) is 18.3 Å². The van der Waals surface area contributed by atoms with E-state index < -0.39 is 0 Å². The molecule has 110 valence electrons. The van der Waals surface area contributed by atoms with Crippen LogP contribution in [0.2, 0.25) is 0 Å². The average Bonchev–Trinajstić information content (AvgIpc) is 2.78. The lowest BCUT2D eigenvalue weighted by atomic mass is 10.1. The normalized spacial score (nSPS) is 24.2. The van der Waals surface area contributed by atoms with E-state index in [-0.39, 0.29) is 0 Å². The lowest BCUT2D eigenvalue weighted by Gasteiger charge is -2.28. The number of nitrogens with zero attached hydrogens (tertiary/aromatic N) is 2. The number of ether oxygens (including phenoxy) is 1. The molecule has 2 saturated heterocycles. The maximum Gasteiger partial charge on any atom is 0.128 e. The maximum absolute atomic E-state index is 5.37. The van der Waals surface area contributed by atoms with Crippen molar-refractivity contribution in [2.75, 3.05) is 49.6 Å². The van der Waals surface area contributed by atoms with Crippen LogP contribution in [0.1, 0.15) is 19.3 Å². The molecule has 2 aliphatic heterocycles. The van der Waals surface area contributed by atoms with Crippen molar-refractivity contribution in [3.63, 3.8) is 0 Å². The van der Waals surface area contributed by atoms with E-state index in [2.05, 4.69) is 32.7 Å². The van der Waals surface area contributed by atoms with Crippen LogP contribution in [0.5, 0.6) is 0 Å². The fourth-order valence-electron chi connectivity index (χ4n) is 2.85. The summed E-state index contributed by atoms with van der Waals surface area (Å²) in [6.45, 7) is 5.74. The third kappa shape index (κ3) is 3.61. The van der Waals surface area contributed by atoms with E-state index in [0.29, 0.717) is 6.04 Å². The van der Waals surface area contributed by atoms with Crippen LogP contribution in [0, 0.1) is 0 Å².